The maximum absolute atomic E-state index is 12.6. The van der Waals surface area contributed by atoms with Crippen LogP contribution in [0.4, 0.5) is 0 Å². The molecule has 0 aliphatic heterocycles. The van der Waals surface area contributed by atoms with Crippen molar-refractivity contribution < 1.29 is 23.8 Å². The van der Waals surface area contributed by atoms with Crippen molar-refractivity contribution in [1.82, 2.24) is 0 Å². The molecule has 0 N–H and O–H groups in total. The number of carbonyl (C=O) groups excluding carboxylic acids is 2. The van der Waals surface area contributed by atoms with Crippen LogP contribution in [0.3, 0.4) is 0 Å². The van der Waals surface area contributed by atoms with Gasteiger partial charge in [-0.15, -0.1) is 0 Å². The number of hydrogen-bond acceptors (Lipinski definition) is 5. The molecule has 0 radical (unpaired) electrons. The highest BCUT2D eigenvalue weighted by molar-refractivity contribution is 5.91. The van der Waals surface area contributed by atoms with Crippen LogP contribution in [0.5, 0.6) is 11.5 Å². The molecule has 3 rings (SSSR count). The molecule has 5 nitrogen and oxygen atoms in total. The first-order valence-corrected chi connectivity index (χ1v) is 14.8. The van der Waals surface area contributed by atoms with Crippen LogP contribution in [0.1, 0.15) is 99.3 Å². The summed E-state index contributed by atoms with van der Waals surface area (Å²) in [6.45, 7) is 7.49. The summed E-state index contributed by atoms with van der Waals surface area (Å²) in [4.78, 5) is 24.8. The molecule has 0 spiro atoms. The monoisotopic (exact) mass is 544 g/mol. The Kier molecular flexibility index (Phi) is 13.3. The van der Waals surface area contributed by atoms with Crippen LogP contribution in [0.15, 0.2) is 72.8 Å². The lowest BCUT2D eigenvalue weighted by Gasteiger charge is -2.10. The van der Waals surface area contributed by atoms with Crippen molar-refractivity contribution in [3.63, 3.8) is 0 Å². The molecule has 0 aromatic heterocycles. The fraction of sp³-hybridized carbons (Fsp3) is 0.429. The average molecular weight is 545 g/mol. The summed E-state index contributed by atoms with van der Waals surface area (Å²) in [6.07, 6.45) is 11.1. The number of unbranched alkanes of at least 4 members (excludes halogenated alkanes) is 7. The molecule has 214 valence electrons. The van der Waals surface area contributed by atoms with Gasteiger partial charge < -0.3 is 14.2 Å². The third-order valence-corrected chi connectivity index (χ3v) is 7.07. The second kappa shape index (κ2) is 17.2. The van der Waals surface area contributed by atoms with Gasteiger partial charge >= 0.3 is 11.9 Å². The largest absolute Gasteiger partial charge is 0.494 e. The van der Waals surface area contributed by atoms with E-state index in [0.29, 0.717) is 36.0 Å². The van der Waals surface area contributed by atoms with Crippen LogP contribution in [0, 0.1) is 5.92 Å². The molecule has 0 saturated heterocycles. The van der Waals surface area contributed by atoms with Crippen LogP contribution in [-0.2, 0) is 4.74 Å². The lowest BCUT2D eigenvalue weighted by Crippen LogP contribution is -2.11. The zero-order chi connectivity index (χ0) is 28.6. The van der Waals surface area contributed by atoms with E-state index in [-0.39, 0.29) is 5.97 Å². The van der Waals surface area contributed by atoms with E-state index in [4.69, 9.17) is 14.2 Å². The van der Waals surface area contributed by atoms with Crippen LogP contribution in [0.2, 0.25) is 0 Å². The molecule has 0 saturated carbocycles. The third kappa shape index (κ3) is 10.5. The van der Waals surface area contributed by atoms with Crippen LogP contribution < -0.4 is 9.47 Å². The molecule has 0 aliphatic rings. The molecule has 40 heavy (non-hydrogen) atoms. The van der Waals surface area contributed by atoms with Crippen molar-refractivity contribution in [3.05, 3.63) is 83.9 Å². The molecular formula is C35H44O5. The van der Waals surface area contributed by atoms with Gasteiger partial charge in [0.1, 0.15) is 11.5 Å². The van der Waals surface area contributed by atoms with Gasteiger partial charge in [0.15, 0.2) is 0 Å². The zero-order valence-electron chi connectivity index (χ0n) is 24.3. The first-order chi connectivity index (χ1) is 19.5. The van der Waals surface area contributed by atoms with Crippen molar-refractivity contribution in [2.75, 3.05) is 13.2 Å². The Morgan fingerprint density at radius 1 is 0.625 bits per heavy atom. The predicted octanol–water partition coefficient (Wildman–Crippen LogP) is 9.30. The van der Waals surface area contributed by atoms with E-state index in [2.05, 4.69) is 20.8 Å². The number of esters is 2. The Balaban J connectivity index is 1.42. The van der Waals surface area contributed by atoms with Crippen LogP contribution in [-0.4, -0.2) is 25.2 Å². The molecule has 0 bridgehead atoms. The summed E-state index contributed by atoms with van der Waals surface area (Å²) in [7, 11) is 0. The highest BCUT2D eigenvalue weighted by Crippen LogP contribution is 2.24. The topological polar surface area (TPSA) is 61.8 Å². The normalized spacial score (nSPS) is 11.6. The van der Waals surface area contributed by atoms with E-state index in [1.165, 1.54) is 44.9 Å². The summed E-state index contributed by atoms with van der Waals surface area (Å²) < 4.78 is 16.8. The van der Waals surface area contributed by atoms with Gasteiger partial charge in [0.05, 0.1) is 24.3 Å². The third-order valence-electron chi connectivity index (χ3n) is 7.07. The number of carbonyl (C=O) groups is 2. The molecule has 0 amide bonds. The fourth-order valence-electron chi connectivity index (χ4n) is 4.21. The van der Waals surface area contributed by atoms with E-state index in [0.717, 1.165) is 29.7 Å². The molecule has 3 aromatic rings. The van der Waals surface area contributed by atoms with Crippen molar-refractivity contribution in [1.29, 1.82) is 0 Å². The van der Waals surface area contributed by atoms with E-state index in [9.17, 15) is 9.59 Å². The minimum atomic E-state index is -0.414. The van der Waals surface area contributed by atoms with Gasteiger partial charge in [-0.3, -0.25) is 0 Å². The average Bonchev–Trinajstić information content (AvgIpc) is 2.99. The summed E-state index contributed by atoms with van der Waals surface area (Å²) in [5.41, 5.74) is 2.91. The van der Waals surface area contributed by atoms with Crippen molar-refractivity contribution in [2.45, 2.75) is 78.6 Å². The molecule has 0 fully saturated rings. The van der Waals surface area contributed by atoms with Gasteiger partial charge in [0.25, 0.3) is 0 Å². The second-order valence-corrected chi connectivity index (χ2v) is 10.5. The Morgan fingerprint density at radius 3 is 1.73 bits per heavy atom. The van der Waals surface area contributed by atoms with Crippen molar-refractivity contribution >= 4 is 11.9 Å². The van der Waals surface area contributed by atoms with Gasteiger partial charge in [-0.1, -0.05) is 96.4 Å². The maximum atomic E-state index is 12.6. The van der Waals surface area contributed by atoms with E-state index >= 15 is 0 Å². The van der Waals surface area contributed by atoms with E-state index in [1.54, 1.807) is 36.4 Å². The van der Waals surface area contributed by atoms with Crippen molar-refractivity contribution in [2.24, 2.45) is 5.92 Å². The molecule has 5 heteroatoms. The Hall–Kier alpha value is -3.60. The highest BCUT2D eigenvalue weighted by atomic mass is 16.5. The quantitative estimate of drug-likeness (QED) is 0.0962. The molecule has 3 aromatic carbocycles. The zero-order valence-corrected chi connectivity index (χ0v) is 24.3. The van der Waals surface area contributed by atoms with Gasteiger partial charge in [0.2, 0.25) is 0 Å². The van der Waals surface area contributed by atoms with Gasteiger partial charge in [-0.2, -0.15) is 0 Å². The smallest absolute Gasteiger partial charge is 0.343 e. The van der Waals surface area contributed by atoms with E-state index < -0.39 is 5.97 Å². The minimum Gasteiger partial charge on any atom is -0.494 e. The fourth-order valence-corrected chi connectivity index (χ4v) is 4.21. The standard InChI is InChI=1S/C35H44O5/c1-4-6-7-8-9-10-11-12-25-38-32-21-19-31(20-22-32)35(37)40-33-23-17-29(18-24-33)28-13-15-30(16-14-28)34(36)39-26-27(3)5-2/h13-24,27H,4-12,25-26H2,1-3H3. The van der Waals surface area contributed by atoms with Gasteiger partial charge in [-0.25, -0.2) is 9.59 Å². The van der Waals surface area contributed by atoms with E-state index in [1.807, 2.05) is 36.4 Å². The SMILES string of the molecule is CCCCCCCCCCOc1ccc(C(=O)Oc2ccc(-c3ccc(C(=O)OCC(C)CC)cc3)cc2)cc1. The van der Waals surface area contributed by atoms with Gasteiger partial charge in [-0.05, 0) is 72.0 Å². The molecule has 0 heterocycles. The highest BCUT2D eigenvalue weighted by Gasteiger charge is 2.11. The molecule has 0 aliphatic carbocycles. The predicted molar refractivity (Wildman–Crippen MR) is 161 cm³/mol. The lowest BCUT2D eigenvalue weighted by molar-refractivity contribution is 0.0447. The molecule has 1 unspecified atom stereocenters. The first kappa shape index (κ1) is 30.9. The molecular weight excluding hydrogens is 500 g/mol. The van der Waals surface area contributed by atoms with Gasteiger partial charge in [0, 0.05) is 0 Å². The lowest BCUT2D eigenvalue weighted by atomic mass is 10.0. The summed E-state index contributed by atoms with van der Waals surface area (Å²) in [5, 5.41) is 0. The number of hydrogen-bond donors (Lipinski definition) is 0. The summed E-state index contributed by atoms with van der Waals surface area (Å²) in [5.74, 6) is 0.853. The number of rotatable bonds is 17. The second-order valence-electron chi connectivity index (χ2n) is 10.5. The van der Waals surface area contributed by atoms with Crippen molar-refractivity contribution in [3.8, 4) is 22.6 Å². The summed E-state index contributed by atoms with van der Waals surface area (Å²) >= 11 is 0. The Morgan fingerprint density at radius 2 is 1.12 bits per heavy atom. The van der Waals surface area contributed by atoms with Crippen LogP contribution >= 0.6 is 0 Å². The number of ether oxygens (including phenoxy) is 3. The summed E-state index contributed by atoms with van der Waals surface area (Å²) in [6, 6.07) is 21.7. The number of benzene rings is 3. The first-order valence-electron chi connectivity index (χ1n) is 14.8. The van der Waals surface area contributed by atoms with Crippen LogP contribution in [0.25, 0.3) is 11.1 Å². The Labute approximate surface area is 239 Å². The maximum Gasteiger partial charge on any atom is 0.343 e. The Bertz CT molecular complexity index is 1150. The minimum absolute atomic E-state index is 0.308. The molecule has 1 atom stereocenters.